The molecule has 1 N–H and O–H groups in total. The Hall–Kier alpha value is -3.52. The number of nitrogens with zero attached hydrogens (tertiary/aromatic N) is 1. The number of hydrogen-bond acceptors (Lipinski definition) is 6. The molecule has 3 unspecified atom stereocenters. The molecule has 2 bridgehead atoms. The third kappa shape index (κ3) is 5.80. The first kappa shape index (κ1) is 29.0. The Bertz CT molecular complexity index is 1480. The lowest BCUT2D eigenvalue weighted by molar-refractivity contribution is -0.133. The van der Waals surface area contributed by atoms with Crippen molar-refractivity contribution in [1.82, 2.24) is 4.72 Å². The van der Waals surface area contributed by atoms with Crippen LogP contribution in [0.4, 0.5) is 5.69 Å². The highest BCUT2D eigenvalue weighted by atomic mass is 32.2. The van der Waals surface area contributed by atoms with Gasteiger partial charge in [-0.15, -0.1) is 0 Å². The van der Waals surface area contributed by atoms with Crippen LogP contribution in [-0.4, -0.2) is 34.0 Å². The van der Waals surface area contributed by atoms with Gasteiger partial charge in [0, 0.05) is 24.2 Å². The van der Waals surface area contributed by atoms with Crippen LogP contribution in [0, 0.1) is 5.41 Å². The SMILES string of the molecule is COc1cccc(C2CC3(C(=O)NS(=O)(=O)Oc4c(C(C)C)cccc4C(C)C)CCC2N(c2ccccc2)C3)c1. The van der Waals surface area contributed by atoms with E-state index in [1.165, 1.54) is 0 Å². The monoisotopic (exact) mass is 576 g/mol. The molecule has 3 aliphatic rings. The quantitative estimate of drug-likeness (QED) is 0.312. The molecule has 41 heavy (non-hydrogen) atoms. The van der Waals surface area contributed by atoms with Crippen molar-refractivity contribution in [2.75, 3.05) is 18.6 Å². The largest absolute Gasteiger partial charge is 0.497 e. The number of ether oxygens (including phenoxy) is 1. The molecular formula is C33H40N2O5S. The summed E-state index contributed by atoms with van der Waals surface area (Å²) in [4.78, 5) is 16.3. The summed E-state index contributed by atoms with van der Waals surface area (Å²) in [5, 5.41) is 0. The molecule has 7 nitrogen and oxygen atoms in total. The molecule has 3 aromatic carbocycles. The van der Waals surface area contributed by atoms with Crippen LogP contribution in [0.3, 0.4) is 0 Å². The minimum Gasteiger partial charge on any atom is -0.497 e. The first-order valence-electron chi connectivity index (χ1n) is 14.4. The maximum absolute atomic E-state index is 14.1. The molecule has 2 heterocycles. The fraction of sp³-hybridized carbons (Fsp3) is 0.424. The Morgan fingerprint density at radius 3 is 2.24 bits per heavy atom. The van der Waals surface area contributed by atoms with Crippen molar-refractivity contribution in [2.24, 2.45) is 5.41 Å². The van der Waals surface area contributed by atoms with Crippen LogP contribution < -0.4 is 18.5 Å². The zero-order valence-electron chi connectivity index (χ0n) is 24.5. The molecule has 0 aromatic heterocycles. The molecule has 8 heteroatoms. The average molecular weight is 577 g/mol. The molecule has 3 atom stereocenters. The van der Waals surface area contributed by atoms with E-state index in [1.54, 1.807) is 7.11 Å². The zero-order chi connectivity index (χ0) is 29.4. The fourth-order valence-corrected chi connectivity index (χ4v) is 7.47. The van der Waals surface area contributed by atoms with E-state index in [9.17, 15) is 13.2 Å². The smallest absolute Gasteiger partial charge is 0.409 e. The number of rotatable bonds is 9. The van der Waals surface area contributed by atoms with Crippen LogP contribution >= 0.6 is 0 Å². The molecule has 0 spiro atoms. The van der Waals surface area contributed by atoms with Crippen LogP contribution in [0.1, 0.15) is 81.4 Å². The van der Waals surface area contributed by atoms with E-state index in [1.807, 2.05) is 94.4 Å². The maximum atomic E-state index is 14.1. The summed E-state index contributed by atoms with van der Waals surface area (Å²) in [6.07, 6.45) is 1.90. The van der Waals surface area contributed by atoms with Crippen LogP contribution in [0.2, 0.25) is 0 Å². The van der Waals surface area contributed by atoms with Gasteiger partial charge in [-0.25, -0.2) is 4.72 Å². The van der Waals surface area contributed by atoms with Crippen molar-refractivity contribution in [1.29, 1.82) is 0 Å². The number of carbonyl (C=O) groups excluding carboxylic acids is 1. The first-order chi connectivity index (χ1) is 19.5. The van der Waals surface area contributed by atoms with Crippen LogP contribution in [-0.2, 0) is 15.1 Å². The standard InChI is InChI=1S/C33H40N2O5S/c1-22(2)27-15-10-16-28(23(3)4)31(27)40-41(37,38)34-32(36)33-18-17-30(35(21-33)25-12-7-6-8-13-25)29(20-33)24-11-9-14-26(19-24)39-5/h6-16,19,22-23,29-30H,17-18,20-21H2,1-5H3,(H,34,36). The molecule has 3 fully saturated rings. The van der Waals surface area contributed by atoms with E-state index in [2.05, 4.69) is 15.7 Å². The zero-order valence-corrected chi connectivity index (χ0v) is 25.3. The number of piperidine rings is 2. The van der Waals surface area contributed by atoms with Crippen molar-refractivity contribution < 1.29 is 22.1 Å². The second kappa shape index (κ2) is 11.4. The minimum atomic E-state index is -4.44. The number of anilines is 1. The van der Waals surface area contributed by atoms with Gasteiger partial charge in [0.05, 0.1) is 12.5 Å². The molecule has 3 aromatic rings. The molecule has 1 amide bonds. The minimum absolute atomic E-state index is 0.0244. The van der Waals surface area contributed by atoms with Gasteiger partial charge >= 0.3 is 10.3 Å². The number of amides is 1. The lowest BCUT2D eigenvalue weighted by atomic mass is 9.61. The molecule has 218 valence electrons. The van der Waals surface area contributed by atoms with Crippen molar-refractivity contribution >= 4 is 21.9 Å². The highest BCUT2D eigenvalue weighted by Gasteiger charge is 2.55. The van der Waals surface area contributed by atoms with Crippen molar-refractivity contribution in [2.45, 2.75) is 70.8 Å². The third-order valence-corrected chi connectivity index (χ3v) is 9.51. The van der Waals surface area contributed by atoms with E-state index >= 15 is 0 Å². The molecule has 2 aliphatic heterocycles. The average Bonchev–Trinajstić information content (AvgIpc) is 2.97. The summed E-state index contributed by atoms with van der Waals surface area (Å²) >= 11 is 0. The fourth-order valence-electron chi connectivity index (χ4n) is 6.57. The van der Waals surface area contributed by atoms with Gasteiger partial charge in [-0.05, 0) is 72.1 Å². The number of hydrogen-bond donors (Lipinski definition) is 1. The number of para-hydroxylation sites is 2. The van der Waals surface area contributed by atoms with Crippen LogP contribution in [0.5, 0.6) is 11.5 Å². The highest BCUT2D eigenvalue weighted by molar-refractivity contribution is 7.85. The van der Waals surface area contributed by atoms with Gasteiger partial charge in [0.2, 0.25) is 5.91 Å². The van der Waals surface area contributed by atoms with Gasteiger partial charge in [0.15, 0.2) is 5.75 Å². The Kier molecular flexibility index (Phi) is 8.06. The van der Waals surface area contributed by atoms with Gasteiger partial charge in [0.1, 0.15) is 5.75 Å². The number of benzene rings is 3. The van der Waals surface area contributed by atoms with Gasteiger partial charge in [-0.3, -0.25) is 4.79 Å². The Balaban J connectivity index is 1.48. The second-order valence-corrected chi connectivity index (χ2v) is 13.3. The topological polar surface area (TPSA) is 84.9 Å². The Morgan fingerprint density at radius 2 is 1.61 bits per heavy atom. The van der Waals surface area contributed by atoms with Crippen LogP contribution in [0.25, 0.3) is 0 Å². The lowest BCUT2D eigenvalue weighted by Gasteiger charge is -2.56. The normalized spacial score (nSPS) is 22.2. The van der Waals surface area contributed by atoms with Crippen molar-refractivity contribution in [3.05, 3.63) is 89.5 Å². The molecule has 6 rings (SSSR count). The summed E-state index contributed by atoms with van der Waals surface area (Å²) in [5.74, 6) is 0.668. The molecule has 1 aliphatic carbocycles. The Labute approximate surface area is 244 Å². The van der Waals surface area contributed by atoms with E-state index < -0.39 is 21.6 Å². The van der Waals surface area contributed by atoms with Gasteiger partial charge in [0.25, 0.3) is 0 Å². The van der Waals surface area contributed by atoms with Gasteiger partial charge in [-0.2, -0.15) is 8.42 Å². The summed E-state index contributed by atoms with van der Waals surface area (Å²) in [6.45, 7) is 8.41. The van der Waals surface area contributed by atoms with E-state index in [4.69, 9.17) is 8.92 Å². The number of fused-ring (bicyclic) bond motifs is 3. The van der Waals surface area contributed by atoms with Gasteiger partial charge < -0.3 is 13.8 Å². The van der Waals surface area contributed by atoms with E-state index in [0.29, 0.717) is 25.1 Å². The summed E-state index contributed by atoms with van der Waals surface area (Å²) < 4.78 is 40.5. The first-order valence-corrected chi connectivity index (χ1v) is 15.8. The summed E-state index contributed by atoms with van der Waals surface area (Å²) in [6, 6.07) is 23.9. The third-order valence-electron chi connectivity index (χ3n) is 8.69. The van der Waals surface area contributed by atoms with E-state index in [0.717, 1.165) is 34.5 Å². The summed E-state index contributed by atoms with van der Waals surface area (Å²) in [7, 11) is -2.80. The highest BCUT2D eigenvalue weighted by Crippen LogP contribution is 2.53. The molecule has 0 radical (unpaired) electrons. The summed E-state index contributed by atoms with van der Waals surface area (Å²) in [5.41, 5.74) is 2.78. The predicted molar refractivity (Wildman–Crippen MR) is 162 cm³/mol. The van der Waals surface area contributed by atoms with Crippen molar-refractivity contribution in [3.8, 4) is 11.5 Å². The predicted octanol–water partition coefficient (Wildman–Crippen LogP) is 6.52. The maximum Gasteiger partial charge on any atom is 0.409 e. The van der Waals surface area contributed by atoms with E-state index in [-0.39, 0.29) is 23.8 Å². The van der Waals surface area contributed by atoms with Crippen molar-refractivity contribution in [3.63, 3.8) is 0 Å². The number of nitrogens with one attached hydrogen (secondary N) is 1. The Morgan fingerprint density at radius 1 is 0.951 bits per heavy atom. The molecule has 1 saturated carbocycles. The second-order valence-electron chi connectivity index (χ2n) is 12.0. The van der Waals surface area contributed by atoms with Gasteiger partial charge in [-0.1, -0.05) is 76.2 Å². The number of methoxy groups -OCH3 is 1. The molecule has 2 saturated heterocycles. The molecular weight excluding hydrogens is 536 g/mol. The lowest BCUT2D eigenvalue weighted by Crippen LogP contribution is -2.63. The van der Waals surface area contributed by atoms with Crippen LogP contribution in [0.15, 0.2) is 72.8 Å². The number of carbonyl (C=O) groups is 1.